The van der Waals surface area contributed by atoms with Gasteiger partial charge in [-0.1, -0.05) is 6.92 Å². The van der Waals surface area contributed by atoms with E-state index in [0.29, 0.717) is 25.4 Å². The Morgan fingerprint density at radius 3 is 2.52 bits per heavy atom. The van der Waals surface area contributed by atoms with E-state index in [-0.39, 0.29) is 0 Å². The molecule has 0 spiro atoms. The number of nitrogens with one attached hydrogen (secondary N) is 1. The van der Waals surface area contributed by atoms with Crippen molar-refractivity contribution in [3.8, 4) is 0 Å². The highest BCUT2D eigenvalue weighted by Gasteiger charge is 2.19. The van der Waals surface area contributed by atoms with Gasteiger partial charge in [0.25, 0.3) is 0 Å². The molecule has 4 nitrogen and oxygen atoms in total. The molecule has 0 heterocycles. The summed E-state index contributed by atoms with van der Waals surface area (Å²) in [6.45, 7) is 9.26. The van der Waals surface area contributed by atoms with Crippen LogP contribution in [0.25, 0.3) is 0 Å². The summed E-state index contributed by atoms with van der Waals surface area (Å²) in [6, 6.07) is 0. The molecule has 0 radical (unpaired) electrons. The van der Waals surface area contributed by atoms with E-state index >= 15 is 0 Å². The van der Waals surface area contributed by atoms with Gasteiger partial charge in [-0.2, -0.15) is 0 Å². The highest BCUT2D eigenvalue weighted by molar-refractivity contribution is 4.71. The molecule has 1 atom stereocenters. The molecule has 0 saturated heterocycles. The average molecular weight is 301 g/mol. The van der Waals surface area contributed by atoms with Gasteiger partial charge in [0.15, 0.2) is 0 Å². The predicted molar refractivity (Wildman–Crippen MR) is 86.6 cm³/mol. The molecule has 0 aliphatic heterocycles. The van der Waals surface area contributed by atoms with Crippen molar-refractivity contribution in [2.45, 2.75) is 77.6 Å². The van der Waals surface area contributed by atoms with Crippen LogP contribution in [-0.4, -0.2) is 49.7 Å². The van der Waals surface area contributed by atoms with Gasteiger partial charge < -0.3 is 19.9 Å². The summed E-state index contributed by atoms with van der Waals surface area (Å²) in [7, 11) is 0. The van der Waals surface area contributed by atoms with Gasteiger partial charge in [-0.3, -0.25) is 0 Å². The van der Waals surface area contributed by atoms with Crippen molar-refractivity contribution < 1.29 is 14.6 Å². The Hall–Kier alpha value is -0.160. The third kappa shape index (κ3) is 10.2. The molecule has 0 amide bonds. The van der Waals surface area contributed by atoms with E-state index < -0.39 is 6.10 Å². The Morgan fingerprint density at radius 1 is 1.14 bits per heavy atom. The number of aliphatic hydroxyl groups is 1. The Morgan fingerprint density at radius 2 is 1.86 bits per heavy atom. The molecule has 0 bridgehead atoms. The molecule has 0 aromatic heterocycles. The van der Waals surface area contributed by atoms with Gasteiger partial charge >= 0.3 is 0 Å². The van der Waals surface area contributed by atoms with Gasteiger partial charge in [-0.25, -0.2) is 0 Å². The van der Waals surface area contributed by atoms with Crippen LogP contribution in [0.1, 0.15) is 59.3 Å². The van der Waals surface area contributed by atoms with Crippen LogP contribution in [0.4, 0.5) is 0 Å². The Balaban J connectivity index is 1.88. The molecule has 0 aromatic rings. The quantitative estimate of drug-likeness (QED) is 0.576. The first-order valence-electron chi connectivity index (χ1n) is 8.70. The molecule has 1 fully saturated rings. The molecule has 0 aromatic carbocycles. The maximum absolute atomic E-state index is 9.90. The highest BCUT2D eigenvalue weighted by atomic mass is 16.5. The molecular formula is C17H35NO3. The molecule has 21 heavy (non-hydrogen) atoms. The van der Waals surface area contributed by atoms with E-state index in [9.17, 15) is 5.11 Å². The van der Waals surface area contributed by atoms with E-state index in [1.807, 2.05) is 0 Å². The molecule has 4 heteroatoms. The van der Waals surface area contributed by atoms with Crippen LogP contribution in [0.3, 0.4) is 0 Å². The van der Waals surface area contributed by atoms with Crippen LogP contribution in [0, 0.1) is 5.92 Å². The highest BCUT2D eigenvalue weighted by Crippen LogP contribution is 2.25. The predicted octanol–water partition coefficient (Wildman–Crippen LogP) is 2.74. The van der Waals surface area contributed by atoms with E-state index in [0.717, 1.165) is 44.8 Å². The van der Waals surface area contributed by atoms with E-state index in [4.69, 9.17) is 9.47 Å². The summed E-state index contributed by atoms with van der Waals surface area (Å²) >= 11 is 0. The second-order valence-electron chi connectivity index (χ2n) is 6.70. The fourth-order valence-electron chi connectivity index (χ4n) is 2.64. The van der Waals surface area contributed by atoms with Crippen molar-refractivity contribution in [1.82, 2.24) is 5.32 Å². The van der Waals surface area contributed by atoms with Gasteiger partial charge in [0.1, 0.15) is 0 Å². The van der Waals surface area contributed by atoms with Crippen molar-refractivity contribution in [3.05, 3.63) is 0 Å². The van der Waals surface area contributed by atoms with Gasteiger partial charge in [-0.15, -0.1) is 0 Å². The number of aliphatic hydroxyl groups excluding tert-OH is 1. The zero-order valence-electron chi connectivity index (χ0n) is 14.1. The number of ether oxygens (including phenoxy) is 2. The first kappa shape index (κ1) is 18.9. The van der Waals surface area contributed by atoms with Crippen molar-refractivity contribution in [1.29, 1.82) is 0 Å². The minimum absolute atomic E-state index is 0.319. The van der Waals surface area contributed by atoms with Crippen molar-refractivity contribution >= 4 is 0 Å². The fraction of sp³-hybridized carbons (Fsp3) is 1.00. The fourth-order valence-corrected chi connectivity index (χ4v) is 2.64. The van der Waals surface area contributed by atoms with Crippen molar-refractivity contribution in [2.75, 3.05) is 26.3 Å². The summed E-state index contributed by atoms with van der Waals surface area (Å²) in [5.41, 5.74) is 0. The second-order valence-corrected chi connectivity index (χ2v) is 6.70. The standard InChI is InChI=1S/C17H35NO3/c1-14(2)20-11-5-4-10-18-12-16(19)13-21-17-8-6-15(3)7-9-17/h14-19H,4-13H2,1-3H3. The third-order valence-electron chi connectivity index (χ3n) is 4.07. The Kier molecular flexibility index (Phi) is 10.3. The van der Waals surface area contributed by atoms with Crippen molar-refractivity contribution in [3.63, 3.8) is 0 Å². The molecule has 1 saturated carbocycles. The lowest BCUT2D eigenvalue weighted by Crippen LogP contribution is -2.33. The summed E-state index contributed by atoms with van der Waals surface area (Å²) < 4.78 is 11.3. The Bertz CT molecular complexity index is 240. The van der Waals surface area contributed by atoms with Crippen LogP contribution >= 0.6 is 0 Å². The summed E-state index contributed by atoms with van der Waals surface area (Å²) in [6.07, 6.45) is 7.27. The van der Waals surface area contributed by atoms with E-state index in [1.165, 1.54) is 12.8 Å². The topological polar surface area (TPSA) is 50.7 Å². The van der Waals surface area contributed by atoms with E-state index in [1.54, 1.807) is 0 Å². The smallest absolute Gasteiger partial charge is 0.0897 e. The van der Waals surface area contributed by atoms with Crippen LogP contribution in [-0.2, 0) is 9.47 Å². The Labute approximate surface area is 130 Å². The van der Waals surface area contributed by atoms with Crippen LogP contribution in [0.15, 0.2) is 0 Å². The van der Waals surface area contributed by atoms with Gasteiger partial charge in [-0.05, 0) is 64.8 Å². The number of rotatable bonds is 11. The summed E-state index contributed by atoms with van der Waals surface area (Å²) in [4.78, 5) is 0. The van der Waals surface area contributed by atoms with Crippen LogP contribution in [0.2, 0.25) is 0 Å². The summed E-state index contributed by atoms with van der Waals surface area (Å²) in [5.74, 6) is 0.844. The lowest BCUT2D eigenvalue weighted by molar-refractivity contribution is -0.0277. The molecule has 1 rings (SSSR count). The third-order valence-corrected chi connectivity index (χ3v) is 4.07. The molecule has 2 N–H and O–H groups in total. The van der Waals surface area contributed by atoms with E-state index in [2.05, 4.69) is 26.1 Å². The van der Waals surface area contributed by atoms with Crippen molar-refractivity contribution in [2.24, 2.45) is 5.92 Å². The normalized spacial score (nSPS) is 24.4. The van der Waals surface area contributed by atoms with Gasteiger partial charge in [0, 0.05) is 13.2 Å². The molecule has 126 valence electrons. The lowest BCUT2D eigenvalue weighted by atomic mass is 9.89. The van der Waals surface area contributed by atoms with Crippen LogP contribution in [0.5, 0.6) is 0 Å². The lowest BCUT2D eigenvalue weighted by Gasteiger charge is -2.27. The molecule has 1 aliphatic rings. The molecule has 1 aliphatic carbocycles. The number of hydrogen-bond acceptors (Lipinski definition) is 4. The van der Waals surface area contributed by atoms with Gasteiger partial charge in [0.2, 0.25) is 0 Å². The average Bonchev–Trinajstić information content (AvgIpc) is 2.45. The maximum Gasteiger partial charge on any atom is 0.0897 e. The minimum Gasteiger partial charge on any atom is -0.389 e. The monoisotopic (exact) mass is 301 g/mol. The molecular weight excluding hydrogens is 266 g/mol. The molecule has 1 unspecified atom stereocenters. The summed E-state index contributed by atoms with van der Waals surface area (Å²) in [5, 5.41) is 13.2. The van der Waals surface area contributed by atoms with Gasteiger partial charge in [0.05, 0.1) is 24.9 Å². The SMILES string of the molecule is CC1CCC(OCC(O)CNCCCCOC(C)C)CC1. The first-order chi connectivity index (χ1) is 10.1. The number of hydrogen-bond donors (Lipinski definition) is 2. The maximum atomic E-state index is 9.90. The number of unbranched alkanes of at least 4 members (excludes halogenated alkanes) is 1. The largest absolute Gasteiger partial charge is 0.389 e. The zero-order valence-corrected chi connectivity index (χ0v) is 14.1. The first-order valence-corrected chi connectivity index (χ1v) is 8.70. The van der Waals surface area contributed by atoms with Crippen LogP contribution < -0.4 is 5.32 Å². The second kappa shape index (κ2) is 11.4. The zero-order chi connectivity index (χ0) is 15.5. The minimum atomic E-state index is -0.392.